The van der Waals surface area contributed by atoms with Crippen molar-refractivity contribution in [2.45, 2.75) is 24.3 Å². The number of nitrogens with one attached hydrogen (secondary N) is 1. The molecular weight excluding hydrogens is 244 g/mol. The van der Waals surface area contributed by atoms with Gasteiger partial charge in [-0.2, -0.15) is 0 Å². The lowest BCUT2D eigenvalue weighted by atomic mass is 10.2. The van der Waals surface area contributed by atoms with Gasteiger partial charge in [0, 0.05) is 11.7 Å². The van der Waals surface area contributed by atoms with Gasteiger partial charge in [-0.05, 0) is 31.2 Å². The fourth-order valence-corrected chi connectivity index (χ4v) is 1.85. The van der Waals surface area contributed by atoms with E-state index in [4.69, 9.17) is 10.2 Å². The Hall–Kier alpha value is -1.60. The summed E-state index contributed by atoms with van der Waals surface area (Å²) in [6.07, 6.45) is -0.0169. The summed E-state index contributed by atoms with van der Waals surface area (Å²) in [7, 11) is -3.69. The van der Waals surface area contributed by atoms with E-state index in [1.165, 1.54) is 24.3 Å². The van der Waals surface area contributed by atoms with Crippen molar-refractivity contribution >= 4 is 21.7 Å². The molecule has 1 aromatic carbocycles. The summed E-state index contributed by atoms with van der Waals surface area (Å²) in [6.45, 7) is 1.72. The van der Waals surface area contributed by atoms with Crippen LogP contribution < -0.4 is 10.5 Å². The second-order valence-corrected chi connectivity index (χ2v) is 5.27. The summed E-state index contributed by atoms with van der Waals surface area (Å²) in [5.41, 5.74) is 0.645. The average Bonchev–Trinajstić information content (AvgIpc) is 2.15. The van der Waals surface area contributed by atoms with Crippen molar-refractivity contribution < 1.29 is 18.3 Å². The molecule has 17 heavy (non-hydrogen) atoms. The predicted octanol–water partition coefficient (Wildman–Crippen LogP) is 0.609. The molecule has 0 spiro atoms. The van der Waals surface area contributed by atoms with E-state index in [1.807, 2.05) is 0 Å². The topological polar surface area (TPSA) is 109 Å². The number of hydrogen-bond donors (Lipinski definition) is 3. The number of hydrogen-bond acceptors (Lipinski definition) is 4. The van der Waals surface area contributed by atoms with Gasteiger partial charge in [0.15, 0.2) is 0 Å². The monoisotopic (exact) mass is 258 g/mol. The SMILES string of the molecule is CC(CC(=O)O)Nc1ccc(S(N)(=O)=O)cc1. The van der Waals surface area contributed by atoms with Gasteiger partial charge in [-0.25, -0.2) is 13.6 Å². The molecule has 0 fully saturated rings. The number of carboxylic acid groups (broad SMARTS) is 1. The van der Waals surface area contributed by atoms with Crippen LogP contribution in [0.25, 0.3) is 0 Å². The van der Waals surface area contributed by atoms with Crippen molar-refractivity contribution in [1.82, 2.24) is 0 Å². The van der Waals surface area contributed by atoms with Gasteiger partial charge in [-0.3, -0.25) is 4.79 Å². The Labute approximate surface area is 99.5 Å². The number of nitrogens with two attached hydrogens (primary N) is 1. The first-order valence-corrected chi connectivity index (χ1v) is 6.45. The van der Waals surface area contributed by atoms with Crippen molar-refractivity contribution in [2.75, 3.05) is 5.32 Å². The molecule has 0 saturated heterocycles. The molecule has 0 aromatic heterocycles. The quantitative estimate of drug-likeness (QED) is 0.716. The van der Waals surface area contributed by atoms with Crippen molar-refractivity contribution in [3.05, 3.63) is 24.3 Å². The second-order valence-electron chi connectivity index (χ2n) is 3.71. The predicted molar refractivity (Wildman–Crippen MR) is 63.2 cm³/mol. The zero-order chi connectivity index (χ0) is 13.1. The highest BCUT2D eigenvalue weighted by atomic mass is 32.2. The fourth-order valence-electron chi connectivity index (χ4n) is 1.34. The van der Waals surface area contributed by atoms with Crippen molar-refractivity contribution in [1.29, 1.82) is 0 Å². The van der Waals surface area contributed by atoms with Crippen LogP contribution in [0, 0.1) is 0 Å². The van der Waals surface area contributed by atoms with Gasteiger partial charge in [-0.15, -0.1) is 0 Å². The molecule has 1 aromatic rings. The van der Waals surface area contributed by atoms with Gasteiger partial charge < -0.3 is 10.4 Å². The summed E-state index contributed by atoms with van der Waals surface area (Å²) in [6, 6.07) is 5.57. The lowest BCUT2D eigenvalue weighted by Crippen LogP contribution is -2.19. The van der Waals surface area contributed by atoms with E-state index in [1.54, 1.807) is 6.92 Å². The number of carbonyl (C=O) groups is 1. The van der Waals surface area contributed by atoms with Gasteiger partial charge >= 0.3 is 5.97 Å². The van der Waals surface area contributed by atoms with Crippen molar-refractivity contribution in [3.63, 3.8) is 0 Å². The molecule has 94 valence electrons. The molecule has 7 heteroatoms. The molecule has 1 unspecified atom stereocenters. The molecule has 0 heterocycles. The Morgan fingerprint density at radius 2 is 1.94 bits per heavy atom. The summed E-state index contributed by atoms with van der Waals surface area (Å²) in [4.78, 5) is 10.5. The first kappa shape index (κ1) is 13.5. The summed E-state index contributed by atoms with van der Waals surface area (Å²) in [5, 5.41) is 16.5. The molecule has 0 radical (unpaired) electrons. The van der Waals surface area contributed by atoms with Crippen molar-refractivity contribution in [3.8, 4) is 0 Å². The number of sulfonamides is 1. The molecule has 4 N–H and O–H groups in total. The Balaban J connectivity index is 2.72. The summed E-state index contributed by atoms with van der Waals surface area (Å²) < 4.78 is 22.0. The Morgan fingerprint density at radius 1 is 1.41 bits per heavy atom. The molecule has 1 rings (SSSR count). The maximum Gasteiger partial charge on any atom is 0.305 e. The number of aliphatic carboxylic acids is 1. The number of anilines is 1. The van der Waals surface area contributed by atoms with Crippen LogP contribution >= 0.6 is 0 Å². The van der Waals surface area contributed by atoms with E-state index in [-0.39, 0.29) is 17.4 Å². The molecular formula is C10H14N2O4S. The molecule has 0 amide bonds. The molecule has 0 aliphatic rings. The maximum atomic E-state index is 11.0. The van der Waals surface area contributed by atoms with Crippen LogP contribution in [0.3, 0.4) is 0 Å². The van der Waals surface area contributed by atoms with Gasteiger partial charge in [0.25, 0.3) is 0 Å². The van der Waals surface area contributed by atoms with E-state index < -0.39 is 16.0 Å². The smallest absolute Gasteiger partial charge is 0.305 e. The minimum absolute atomic E-state index is 0.0169. The molecule has 0 aliphatic heterocycles. The Kier molecular flexibility index (Phi) is 4.08. The van der Waals surface area contributed by atoms with Crippen LogP contribution in [0.15, 0.2) is 29.2 Å². The van der Waals surface area contributed by atoms with Crippen molar-refractivity contribution in [2.24, 2.45) is 5.14 Å². The van der Waals surface area contributed by atoms with Gasteiger partial charge in [0.1, 0.15) is 0 Å². The fraction of sp³-hybridized carbons (Fsp3) is 0.300. The van der Waals surface area contributed by atoms with E-state index in [9.17, 15) is 13.2 Å². The highest BCUT2D eigenvalue weighted by Gasteiger charge is 2.09. The average molecular weight is 258 g/mol. The third kappa shape index (κ3) is 4.41. The van der Waals surface area contributed by atoms with Crippen LogP contribution in [0.1, 0.15) is 13.3 Å². The maximum absolute atomic E-state index is 11.0. The highest BCUT2D eigenvalue weighted by molar-refractivity contribution is 7.89. The minimum atomic E-state index is -3.69. The lowest BCUT2D eigenvalue weighted by Gasteiger charge is -2.13. The Morgan fingerprint density at radius 3 is 2.35 bits per heavy atom. The van der Waals surface area contributed by atoms with E-state index in [0.717, 1.165) is 0 Å². The number of rotatable bonds is 5. The third-order valence-electron chi connectivity index (χ3n) is 2.08. The number of carboxylic acids is 1. The highest BCUT2D eigenvalue weighted by Crippen LogP contribution is 2.14. The standard InChI is InChI=1S/C10H14N2O4S/c1-7(6-10(13)14)12-8-2-4-9(5-3-8)17(11,15)16/h2-5,7,12H,6H2,1H3,(H,13,14)(H2,11,15,16). The van der Waals surface area contributed by atoms with Crippen LogP contribution in [0.4, 0.5) is 5.69 Å². The molecule has 0 aliphatic carbocycles. The van der Waals surface area contributed by atoms with Crippen LogP contribution in [0.5, 0.6) is 0 Å². The first-order valence-electron chi connectivity index (χ1n) is 4.90. The van der Waals surface area contributed by atoms with E-state index >= 15 is 0 Å². The molecule has 0 bridgehead atoms. The van der Waals surface area contributed by atoms with Gasteiger partial charge in [0.05, 0.1) is 11.3 Å². The van der Waals surface area contributed by atoms with Gasteiger partial charge in [0.2, 0.25) is 10.0 Å². The molecule has 1 atom stereocenters. The third-order valence-corrected chi connectivity index (χ3v) is 3.01. The van der Waals surface area contributed by atoms with Crippen LogP contribution in [-0.4, -0.2) is 25.5 Å². The second kappa shape index (κ2) is 5.15. The summed E-state index contributed by atoms with van der Waals surface area (Å²) >= 11 is 0. The first-order chi connectivity index (χ1) is 7.79. The number of primary sulfonamides is 1. The normalized spacial score (nSPS) is 13.1. The zero-order valence-corrected chi connectivity index (χ0v) is 10.1. The zero-order valence-electron chi connectivity index (χ0n) is 9.25. The lowest BCUT2D eigenvalue weighted by molar-refractivity contribution is -0.137. The largest absolute Gasteiger partial charge is 0.481 e. The molecule has 0 saturated carbocycles. The summed E-state index contributed by atoms with van der Waals surface area (Å²) in [5.74, 6) is -0.897. The van der Waals surface area contributed by atoms with Crippen LogP contribution in [0.2, 0.25) is 0 Å². The molecule has 6 nitrogen and oxygen atoms in total. The minimum Gasteiger partial charge on any atom is -0.481 e. The number of benzene rings is 1. The van der Waals surface area contributed by atoms with E-state index in [2.05, 4.69) is 5.32 Å². The Bertz CT molecular complexity index is 496. The van der Waals surface area contributed by atoms with Gasteiger partial charge in [-0.1, -0.05) is 0 Å². The van der Waals surface area contributed by atoms with Crippen LogP contribution in [-0.2, 0) is 14.8 Å². The van der Waals surface area contributed by atoms with E-state index in [0.29, 0.717) is 5.69 Å².